The van der Waals surface area contributed by atoms with Crippen molar-refractivity contribution < 1.29 is 4.74 Å². The number of likely N-dealkylation sites (tertiary alicyclic amines) is 2. The highest BCUT2D eigenvalue weighted by Gasteiger charge is 2.42. The molecule has 2 heterocycles. The molecule has 2 aliphatic rings. The maximum atomic E-state index is 5.45. The first-order valence-electron chi connectivity index (χ1n) is 7.24. The van der Waals surface area contributed by atoms with Crippen molar-refractivity contribution >= 4 is 0 Å². The summed E-state index contributed by atoms with van der Waals surface area (Å²) in [6.45, 7) is 6.04. The van der Waals surface area contributed by atoms with Crippen molar-refractivity contribution in [3.63, 3.8) is 0 Å². The quantitative estimate of drug-likeness (QED) is 0.829. The van der Waals surface area contributed by atoms with E-state index in [1.165, 1.54) is 44.6 Å². The molecule has 3 rings (SSSR count). The van der Waals surface area contributed by atoms with Gasteiger partial charge in [-0.25, -0.2) is 0 Å². The number of ether oxygens (including phenoxy) is 1. The summed E-state index contributed by atoms with van der Waals surface area (Å²) < 4.78 is 5.45. The van der Waals surface area contributed by atoms with Gasteiger partial charge < -0.3 is 9.64 Å². The first-order chi connectivity index (χ1) is 9.21. The van der Waals surface area contributed by atoms with Crippen molar-refractivity contribution in [1.29, 1.82) is 0 Å². The molecule has 19 heavy (non-hydrogen) atoms. The lowest BCUT2D eigenvalue weighted by atomic mass is 9.86. The van der Waals surface area contributed by atoms with Crippen LogP contribution in [0.1, 0.15) is 18.4 Å². The van der Waals surface area contributed by atoms with Crippen LogP contribution in [-0.4, -0.2) is 50.1 Å². The number of para-hydroxylation sites is 1. The van der Waals surface area contributed by atoms with Gasteiger partial charge in [0.25, 0.3) is 0 Å². The molecular formula is C16H24N2O. The zero-order valence-corrected chi connectivity index (χ0v) is 12.1. The number of benzene rings is 1. The summed E-state index contributed by atoms with van der Waals surface area (Å²) >= 11 is 0. The first-order valence-corrected chi connectivity index (χ1v) is 7.24. The Kier molecular flexibility index (Phi) is 3.50. The highest BCUT2D eigenvalue weighted by Crippen LogP contribution is 2.39. The Morgan fingerprint density at radius 3 is 2.68 bits per heavy atom. The second-order valence-corrected chi connectivity index (χ2v) is 6.26. The average molecular weight is 260 g/mol. The molecule has 0 N–H and O–H groups in total. The number of methoxy groups -OCH3 is 1. The summed E-state index contributed by atoms with van der Waals surface area (Å²) in [6, 6.07) is 8.39. The van der Waals surface area contributed by atoms with E-state index in [4.69, 9.17) is 4.74 Å². The van der Waals surface area contributed by atoms with Gasteiger partial charge in [0, 0.05) is 25.2 Å². The molecule has 0 aliphatic carbocycles. The third-order valence-electron chi connectivity index (χ3n) is 4.73. The van der Waals surface area contributed by atoms with Crippen LogP contribution in [-0.2, 0) is 6.54 Å². The van der Waals surface area contributed by atoms with Crippen LogP contribution in [0.25, 0.3) is 0 Å². The van der Waals surface area contributed by atoms with E-state index >= 15 is 0 Å². The topological polar surface area (TPSA) is 15.7 Å². The van der Waals surface area contributed by atoms with E-state index in [-0.39, 0.29) is 0 Å². The lowest BCUT2D eigenvalue weighted by molar-refractivity contribution is 0.248. The Labute approximate surface area is 116 Å². The molecule has 104 valence electrons. The van der Waals surface area contributed by atoms with Gasteiger partial charge in [-0.1, -0.05) is 18.2 Å². The van der Waals surface area contributed by atoms with E-state index in [0.29, 0.717) is 5.41 Å². The summed E-state index contributed by atoms with van der Waals surface area (Å²) in [5, 5.41) is 0. The van der Waals surface area contributed by atoms with Gasteiger partial charge in [0.1, 0.15) is 5.75 Å². The minimum Gasteiger partial charge on any atom is -0.496 e. The number of nitrogens with zero attached hydrogens (tertiary/aromatic N) is 2. The van der Waals surface area contributed by atoms with Crippen molar-refractivity contribution in [2.75, 3.05) is 40.3 Å². The lowest BCUT2D eigenvalue weighted by Crippen LogP contribution is -2.29. The maximum absolute atomic E-state index is 5.45. The third-order valence-corrected chi connectivity index (χ3v) is 4.73. The summed E-state index contributed by atoms with van der Waals surface area (Å²) in [7, 11) is 4.01. The number of hydrogen-bond donors (Lipinski definition) is 0. The van der Waals surface area contributed by atoms with Crippen LogP contribution in [0.15, 0.2) is 24.3 Å². The van der Waals surface area contributed by atoms with Crippen molar-refractivity contribution in [1.82, 2.24) is 9.80 Å². The Bertz CT molecular complexity index is 448. The predicted octanol–water partition coefficient (Wildman–Crippen LogP) is 2.22. The molecule has 1 unspecified atom stereocenters. The second kappa shape index (κ2) is 5.14. The first kappa shape index (κ1) is 12.9. The minimum atomic E-state index is 0.566. The molecule has 3 nitrogen and oxygen atoms in total. The Hall–Kier alpha value is -1.06. The molecule has 2 aliphatic heterocycles. The van der Waals surface area contributed by atoms with E-state index in [9.17, 15) is 0 Å². The van der Waals surface area contributed by atoms with Crippen LogP contribution < -0.4 is 4.74 Å². The summed E-state index contributed by atoms with van der Waals surface area (Å²) in [4.78, 5) is 5.07. The van der Waals surface area contributed by atoms with E-state index < -0.39 is 0 Å². The van der Waals surface area contributed by atoms with Crippen molar-refractivity contribution in [2.45, 2.75) is 19.4 Å². The molecule has 0 aromatic heterocycles. The van der Waals surface area contributed by atoms with Crippen LogP contribution in [0.2, 0.25) is 0 Å². The molecule has 1 spiro atoms. The smallest absolute Gasteiger partial charge is 0.123 e. The van der Waals surface area contributed by atoms with Gasteiger partial charge in [0.15, 0.2) is 0 Å². The van der Waals surface area contributed by atoms with Gasteiger partial charge in [-0.05, 0) is 44.5 Å². The fourth-order valence-electron chi connectivity index (χ4n) is 3.73. The van der Waals surface area contributed by atoms with E-state index in [1.54, 1.807) is 7.11 Å². The highest BCUT2D eigenvalue weighted by atomic mass is 16.5. The molecular weight excluding hydrogens is 236 g/mol. The van der Waals surface area contributed by atoms with Crippen molar-refractivity contribution in [2.24, 2.45) is 5.41 Å². The zero-order valence-electron chi connectivity index (χ0n) is 12.1. The highest BCUT2D eigenvalue weighted by molar-refractivity contribution is 5.33. The van der Waals surface area contributed by atoms with Crippen LogP contribution in [0.4, 0.5) is 0 Å². The standard InChI is InChI=1S/C16H24N2O/c1-17-9-7-16(12-17)8-10-18(13-16)11-14-5-3-4-6-15(14)19-2/h3-6H,7-13H2,1-2H3. The minimum absolute atomic E-state index is 0.566. The summed E-state index contributed by atoms with van der Waals surface area (Å²) in [6.07, 6.45) is 2.72. The zero-order chi connectivity index (χ0) is 13.3. The van der Waals surface area contributed by atoms with Gasteiger partial charge >= 0.3 is 0 Å². The fourth-order valence-corrected chi connectivity index (χ4v) is 3.73. The Balaban J connectivity index is 1.66. The Morgan fingerprint density at radius 2 is 1.95 bits per heavy atom. The van der Waals surface area contributed by atoms with E-state index in [0.717, 1.165) is 12.3 Å². The molecule has 2 fully saturated rings. The van der Waals surface area contributed by atoms with Crippen molar-refractivity contribution in [3.8, 4) is 5.75 Å². The van der Waals surface area contributed by atoms with E-state index in [1.807, 2.05) is 6.07 Å². The molecule has 2 saturated heterocycles. The third kappa shape index (κ3) is 2.63. The normalized spacial score (nSPS) is 28.3. The van der Waals surface area contributed by atoms with Crippen molar-refractivity contribution in [3.05, 3.63) is 29.8 Å². The molecule has 1 atom stereocenters. The summed E-state index contributed by atoms with van der Waals surface area (Å²) in [5.41, 5.74) is 1.88. The fraction of sp³-hybridized carbons (Fsp3) is 0.625. The molecule has 1 aromatic carbocycles. The number of hydrogen-bond acceptors (Lipinski definition) is 3. The van der Waals surface area contributed by atoms with Crippen LogP contribution in [0.3, 0.4) is 0 Å². The van der Waals surface area contributed by atoms with Gasteiger partial charge in [-0.3, -0.25) is 4.90 Å². The molecule has 0 radical (unpaired) electrons. The van der Waals surface area contributed by atoms with Gasteiger partial charge in [-0.15, -0.1) is 0 Å². The van der Waals surface area contributed by atoms with E-state index in [2.05, 4.69) is 35.0 Å². The van der Waals surface area contributed by atoms with Crippen LogP contribution >= 0.6 is 0 Å². The molecule has 3 heteroatoms. The molecule has 1 aromatic rings. The lowest BCUT2D eigenvalue weighted by Gasteiger charge is -2.24. The average Bonchev–Trinajstić information content (AvgIpc) is 2.97. The SMILES string of the molecule is COc1ccccc1CN1CCC2(CCN(C)C2)C1. The van der Waals surface area contributed by atoms with Crippen LogP contribution in [0.5, 0.6) is 5.75 Å². The van der Waals surface area contributed by atoms with Gasteiger partial charge in [0.2, 0.25) is 0 Å². The van der Waals surface area contributed by atoms with Gasteiger partial charge in [0.05, 0.1) is 7.11 Å². The monoisotopic (exact) mass is 260 g/mol. The second-order valence-electron chi connectivity index (χ2n) is 6.26. The predicted molar refractivity (Wildman–Crippen MR) is 77.4 cm³/mol. The Morgan fingerprint density at radius 1 is 1.16 bits per heavy atom. The largest absolute Gasteiger partial charge is 0.496 e. The maximum Gasteiger partial charge on any atom is 0.123 e. The molecule has 0 amide bonds. The number of rotatable bonds is 3. The molecule has 0 saturated carbocycles. The van der Waals surface area contributed by atoms with Gasteiger partial charge in [-0.2, -0.15) is 0 Å². The van der Waals surface area contributed by atoms with Crippen LogP contribution in [0, 0.1) is 5.41 Å². The molecule has 0 bridgehead atoms. The summed E-state index contributed by atoms with van der Waals surface area (Å²) in [5.74, 6) is 1.02.